The Hall–Kier alpha value is -1.57. The highest BCUT2D eigenvalue weighted by Gasteiger charge is 2.28. The van der Waals surface area contributed by atoms with Crippen LogP contribution >= 0.6 is 38.9 Å². The quantitative estimate of drug-likeness (QED) is 0.605. The molecule has 0 saturated carbocycles. The zero-order valence-electron chi connectivity index (χ0n) is 14.9. The summed E-state index contributed by atoms with van der Waals surface area (Å²) >= 11 is 10.7. The largest absolute Gasteiger partial charge is 0.480 e. The van der Waals surface area contributed by atoms with E-state index in [-0.39, 0.29) is 5.91 Å². The highest BCUT2D eigenvalue weighted by molar-refractivity contribution is 9.10. The third-order valence-electron chi connectivity index (χ3n) is 4.36. The molecule has 1 aliphatic carbocycles. The minimum Gasteiger partial charge on any atom is -0.480 e. The summed E-state index contributed by atoms with van der Waals surface area (Å²) in [4.78, 5) is 26.1. The van der Waals surface area contributed by atoms with E-state index >= 15 is 0 Å². The van der Waals surface area contributed by atoms with Crippen molar-refractivity contribution in [2.45, 2.75) is 38.7 Å². The van der Waals surface area contributed by atoms with Crippen LogP contribution in [-0.2, 0) is 22.4 Å². The second kappa shape index (κ2) is 8.63. The molecule has 0 spiro atoms. The molecule has 0 saturated heterocycles. The lowest BCUT2D eigenvalue weighted by Gasteiger charge is -2.16. The SMILES string of the molecule is COC(=O)c1c(NC(=O)C(C)Oc2ccc(Cl)cc2Br)sc2c1CCCC2. The van der Waals surface area contributed by atoms with E-state index in [0.717, 1.165) is 36.1 Å². The number of esters is 1. The van der Waals surface area contributed by atoms with E-state index in [2.05, 4.69) is 21.2 Å². The number of rotatable bonds is 5. The zero-order valence-corrected chi connectivity index (χ0v) is 18.1. The normalized spacial score (nSPS) is 14.2. The first-order chi connectivity index (χ1) is 12.9. The smallest absolute Gasteiger partial charge is 0.341 e. The van der Waals surface area contributed by atoms with E-state index in [9.17, 15) is 9.59 Å². The van der Waals surface area contributed by atoms with Crippen molar-refractivity contribution in [3.63, 3.8) is 0 Å². The van der Waals surface area contributed by atoms with E-state index in [1.54, 1.807) is 25.1 Å². The Morgan fingerprint density at radius 2 is 2.04 bits per heavy atom. The standard InChI is InChI=1S/C19H19BrClNO4S/c1-10(26-14-8-7-11(21)9-13(14)20)17(23)22-18-16(19(24)25-2)12-5-3-4-6-15(12)27-18/h7-10H,3-6H2,1-2H3,(H,22,23). The van der Waals surface area contributed by atoms with Gasteiger partial charge in [-0.1, -0.05) is 11.6 Å². The number of fused-ring (bicyclic) bond motifs is 1. The van der Waals surface area contributed by atoms with Gasteiger partial charge in [0.1, 0.15) is 10.8 Å². The van der Waals surface area contributed by atoms with Gasteiger partial charge in [0, 0.05) is 9.90 Å². The van der Waals surface area contributed by atoms with Gasteiger partial charge in [-0.3, -0.25) is 4.79 Å². The lowest BCUT2D eigenvalue weighted by molar-refractivity contribution is -0.122. The van der Waals surface area contributed by atoms with Gasteiger partial charge in [-0.25, -0.2) is 4.79 Å². The van der Waals surface area contributed by atoms with Gasteiger partial charge in [-0.05, 0) is 72.3 Å². The second-order valence-corrected chi connectivity index (χ2v) is 8.63. The molecule has 1 heterocycles. The Morgan fingerprint density at radius 1 is 1.30 bits per heavy atom. The second-order valence-electron chi connectivity index (χ2n) is 6.23. The summed E-state index contributed by atoms with van der Waals surface area (Å²) in [7, 11) is 1.35. The number of aryl methyl sites for hydroxylation is 1. The van der Waals surface area contributed by atoms with Gasteiger partial charge in [0.2, 0.25) is 0 Å². The molecule has 1 aliphatic rings. The Balaban J connectivity index is 1.79. The highest BCUT2D eigenvalue weighted by Crippen LogP contribution is 2.38. The summed E-state index contributed by atoms with van der Waals surface area (Å²) in [5.41, 5.74) is 1.48. The number of methoxy groups -OCH3 is 1. The summed E-state index contributed by atoms with van der Waals surface area (Å²) in [5, 5.41) is 3.95. The van der Waals surface area contributed by atoms with E-state index in [0.29, 0.717) is 25.8 Å². The Kier molecular flexibility index (Phi) is 6.44. The van der Waals surface area contributed by atoms with Crippen molar-refractivity contribution in [3.8, 4) is 5.75 Å². The maximum Gasteiger partial charge on any atom is 0.341 e. The minimum absolute atomic E-state index is 0.333. The van der Waals surface area contributed by atoms with Crippen LogP contribution in [-0.4, -0.2) is 25.1 Å². The number of carbonyl (C=O) groups excluding carboxylic acids is 2. The van der Waals surface area contributed by atoms with Crippen molar-refractivity contribution in [2.24, 2.45) is 0 Å². The van der Waals surface area contributed by atoms with Crippen LogP contribution in [0, 0.1) is 0 Å². The van der Waals surface area contributed by atoms with Gasteiger partial charge in [0.05, 0.1) is 17.1 Å². The molecular formula is C19H19BrClNO4S. The van der Waals surface area contributed by atoms with Crippen LogP contribution in [0.4, 0.5) is 5.00 Å². The number of halogens is 2. The molecular weight excluding hydrogens is 454 g/mol. The summed E-state index contributed by atoms with van der Waals surface area (Å²) in [6.45, 7) is 1.65. The molecule has 3 rings (SSSR count). The van der Waals surface area contributed by atoms with Crippen LogP contribution in [0.1, 0.15) is 40.6 Å². The van der Waals surface area contributed by atoms with Crippen LogP contribution in [0.2, 0.25) is 5.02 Å². The number of nitrogens with one attached hydrogen (secondary N) is 1. The van der Waals surface area contributed by atoms with E-state index in [1.807, 2.05) is 0 Å². The van der Waals surface area contributed by atoms with Gasteiger partial charge in [0.15, 0.2) is 6.10 Å². The molecule has 2 aromatic rings. The average Bonchev–Trinajstić information content (AvgIpc) is 3.01. The Bertz CT molecular complexity index is 883. The van der Waals surface area contributed by atoms with E-state index in [1.165, 1.54) is 18.4 Å². The minimum atomic E-state index is -0.757. The summed E-state index contributed by atoms with van der Waals surface area (Å²) in [6.07, 6.45) is 3.11. The maximum absolute atomic E-state index is 12.6. The van der Waals surface area contributed by atoms with Gasteiger partial charge in [-0.2, -0.15) is 0 Å². The molecule has 5 nitrogen and oxygen atoms in total. The molecule has 1 aromatic carbocycles. The van der Waals surface area contributed by atoms with Crippen molar-refractivity contribution >= 4 is 55.7 Å². The Morgan fingerprint density at radius 3 is 2.74 bits per heavy atom. The summed E-state index contributed by atoms with van der Waals surface area (Å²) in [5.74, 6) is -0.236. The van der Waals surface area contributed by atoms with Crippen molar-refractivity contribution in [3.05, 3.63) is 43.7 Å². The molecule has 1 aromatic heterocycles. The molecule has 0 fully saturated rings. The van der Waals surface area contributed by atoms with Crippen molar-refractivity contribution in [2.75, 3.05) is 12.4 Å². The zero-order chi connectivity index (χ0) is 19.6. The van der Waals surface area contributed by atoms with Gasteiger partial charge < -0.3 is 14.8 Å². The lowest BCUT2D eigenvalue weighted by Crippen LogP contribution is -2.30. The first-order valence-electron chi connectivity index (χ1n) is 8.56. The molecule has 8 heteroatoms. The summed E-state index contributed by atoms with van der Waals surface area (Å²) in [6, 6.07) is 5.08. The maximum atomic E-state index is 12.6. The predicted molar refractivity (Wildman–Crippen MR) is 110 cm³/mol. The average molecular weight is 473 g/mol. The van der Waals surface area contributed by atoms with Gasteiger partial charge in [-0.15, -0.1) is 11.3 Å². The van der Waals surface area contributed by atoms with E-state index in [4.69, 9.17) is 21.1 Å². The van der Waals surface area contributed by atoms with Crippen LogP contribution in [0.5, 0.6) is 5.75 Å². The van der Waals surface area contributed by atoms with Crippen molar-refractivity contribution < 1.29 is 19.1 Å². The molecule has 27 heavy (non-hydrogen) atoms. The van der Waals surface area contributed by atoms with Crippen molar-refractivity contribution in [1.29, 1.82) is 0 Å². The molecule has 0 radical (unpaired) electrons. The fraction of sp³-hybridized carbons (Fsp3) is 0.368. The fourth-order valence-corrected chi connectivity index (χ4v) is 5.06. The molecule has 0 aliphatic heterocycles. The van der Waals surface area contributed by atoms with Gasteiger partial charge in [0.25, 0.3) is 5.91 Å². The number of benzene rings is 1. The molecule has 144 valence electrons. The highest BCUT2D eigenvalue weighted by atomic mass is 79.9. The topological polar surface area (TPSA) is 64.6 Å². The first-order valence-corrected chi connectivity index (χ1v) is 10.5. The number of ether oxygens (including phenoxy) is 2. The predicted octanol–water partition coefficient (Wildman–Crippen LogP) is 5.24. The number of amides is 1. The lowest BCUT2D eigenvalue weighted by atomic mass is 9.95. The molecule has 1 amide bonds. The Labute approximate surface area is 175 Å². The third kappa shape index (κ3) is 4.47. The number of hydrogen-bond donors (Lipinski definition) is 1. The van der Waals surface area contributed by atoms with Crippen LogP contribution in [0.15, 0.2) is 22.7 Å². The molecule has 1 atom stereocenters. The van der Waals surface area contributed by atoms with Crippen LogP contribution in [0.3, 0.4) is 0 Å². The molecule has 0 bridgehead atoms. The third-order valence-corrected chi connectivity index (χ3v) is 6.43. The number of anilines is 1. The fourth-order valence-electron chi connectivity index (χ4n) is 3.00. The van der Waals surface area contributed by atoms with Gasteiger partial charge >= 0.3 is 5.97 Å². The number of carbonyl (C=O) groups is 2. The number of hydrogen-bond acceptors (Lipinski definition) is 5. The first kappa shape index (κ1) is 20.2. The van der Waals surface area contributed by atoms with Crippen molar-refractivity contribution in [1.82, 2.24) is 0 Å². The van der Waals surface area contributed by atoms with E-state index < -0.39 is 12.1 Å². The summed E-state index contributed by atoms with van der Waals surface area (Å²) < 4.78 is 11.3. The molecule has 1 N–H and O–H groups in total. The monoisotopic (exact) mass is 471 g/mol. The van der Waals surface area contributed by atoms with Crippen LogP contribution < -0.4 is 10.1 Å². The molecule has 1 unspecified atom stereocenters. The van der Waals surface area contributed by atoms with Crippen LogP contribution in [0.25, 0.3) is 0 Å². The number of thiophene rings is 1.